The quantitative estimate of drug-likeness (QED) is 0.919. The molecular formula is C17H21ClN4O2. The Balaban J connectivity index is 1.46. The minimum Gasteiger partial charge on any atom is -0.378 e. The first-order chi connectivity index (χ1) is 11.7. The standard InChI is InChI=1S/C17H21ClN4O2/c18-14-2-1-13(16(7-14)22-12-19-11-21-22)9-20-15-3-5-24-17(8-15)4-6-23-10-17/h1-2,7,11-12,15,20H,3-6,8-10H2/t15-,17+/m0/s1. The second-order valence-electron chi connectivity index (χ2n) is 6.52. The molecule has 4 rings (SSSR count). The number of nitrogens with zero attached hydrogens (tertiary/aromatic N) is 3. The molecule has 24 heavy (non-hydrogen) atoms. The molecule has 1 N–H and O–H groups in total. The maximum Gasteiger partial charge on any atom is 0.138 e. The van der Waals surface area contributed by atoms with Crippen molar-refractivity contribution in [1.82, 2.24) is 20.1 Å². The van der Waals surface area contributed by atoms with Crippen molar-refractivity contribution in [3.05, 3.63) is 41.4 Å². The van der Waals surface area contributed by atoms with Crippen LogP contribution in [-0.4, -0.2) is 46.2 Å². The highest BCUT2D eigenvalue weighted by atomic mass is 35.5. The number of hydrogen-bond acceptors (Lipinski definition) is 5. The highest BCUT2D eigenvalue weighted by molar-refractivity contribution is 6.30. The summed E-state index contributed by atoms with van der Waals surface area (Å²) in [6, 6.07) is 6.30. The van der Waals surface area contributed by atoms with Gasteiger partial charge in [0.15, 0.2) is 0 Å². The van der Waals surface area contributed by atoms with Gasteiger partial charge in [-0.05, 0) is 30.5 Å². The van der Waals surface area contributed by atoms with Crippen LogP contribution in [0.3, 0.4) is 0 Å². The van der Waals surface area contributed by atoms with Gasteiger partial charge in [0.2, 0.25) is 0 Å². The average Bonchev–Trinajstić information content (AvgIpc) is 3.26. The molecule has 2 aliphatic heterocycles. The summed E-state index contributed by atoms with van der Waals surface area (Å²) in [5, 5.41) is 8.59. The molecule has 1 spiro atoms. The summed E-state index contributed by atoms with van der Waals surface area (Å²) >= 11 is 6.15. The number of nitrogens with one attached hydrogen (secondary N) is 1. The number of rotatable bonds is 4. The summed E-state index contributed by atoms with van der Waals surface area (Å²) in [4.78, 5) is 4.03. The van der Waals surface area contributed by atoms with Crippen molar-refractivity contribution in [3.8, 4) is 5.69 Å². The monoisotopic (exact) mass is 348 g/mol. The zero-order valence-electron chi connectivity index (χ0n) is 13.4. The second kappa shape index (κ2) is 6.80. The van der Waals surface area contributed by atoms with Gasteiger partial charge < -0.3 is 14.8 Å². The fourth-order valence-electron chi connectivity index (χ4n) is 3.55. The maximum absolute atomic E-state index is 6.15. The van der Waals surface area contributed by atoms with Crippen LogP contribution in [0.15, 0.2) is 30.9 Å². The van der Waals surface area contributed by atoms with Crippen LogP contribution >= 0.6 is 11.6 Å². The van der Waals surface area contributed by atoms with E-state index in [-0.39, 0.29) is 5.60 Å². The van der Waals surface area contributed by atoms with E-state index in [2.05, 4.69) is 15.4 Å². The van der Waals surface area contributed by atoms with E-state index in [1.807, 2.05) is 18.2 Å². The van der Waals surface area contributed by atoms with Gasteiger partial charge >= 0.3 is 0 Å². The van der Waals surface area contributed by atoms with Gasteiger partial charge in [-0.1, -0.05) is 17.7 Å². The number of ether oxygens (including phenoxy) is 2. The fraction of sp³-hybridized carbons (Fsp3) is 0.529. The van der Waals surface area contributed by atoms with Crippen LogP contribution in [0.25, 0.3) is 5.69 Å². The molecule has 2 atom stereocenters. The Kier molecular flexibility index (Phi) is 4.54. The van der Waals surface area contributed by atoms with Crippen molar-refractivity contribution in [2.45, 2.75) is 37.5 Å². The molecule has 2 aromatic rings. The third-order valence-corrected chi connectivity index (χ3v) is 5.09. The molecule has 2 fully saturated rings. The molecule has 2 saturated heterocycles. The van der Waals surface area contributed by atoms with Gasteiger partial charge in [-0.25, -0.2) is 9.67 Å². The normalized spacial score (nSPS) is 27.0. The van der Waals surface area contributed by atoms with Crippen molar-refractivity contribution in [2.75, 3.05) is 19.8 Å². The lowest BCUT2D eigenvalue weighted by atomic mass is 9.89. The number of hydrogen-bond donors (Lipinski definition) is 1. The van der Waals surface area contributed by atoms with Crippen LogP contribution in [-0.2, 0) is 16.0 Å². The van der Waals surface area contributed by atoms with E-state index >= 15 is 0 Å². The molecule has 0 bridgehead atoms. The van der Waals surface area contributed by atoms with Crippen LogP contribution in [0.2, 0.25) is 5.02 Å². The summed E-state index contributed by atoms with van der Waals surface area (Å²) < 4.78 is 13.3. The molecule has 0 amide bonds. The molecular weight excluding hydrogens is 328 g/mol. The first-order valence-electron chi connectivity index (χ1n) is 8.33. The van der Waals surface area contributed by atoms with Crippen LogP contribution in [0.1, 0.15) is 24.8 Å². The molecule has 1 aromatic heterocycles. The molecule has 0 saturated carbocycles. The predicted molar refractivity (Wildman–Crippen MR) is 90.3 cm³/mol. The van der Waals surface area contributed by atoms with Gasteiger partial charge in [0.1, 0.15) is 12.7 Å². The van der Waals surface area contributed by atoms with Gasteiger partial charge in [-0.2, -0.15) is 5.10 Å². The van der Waals surface area contributed by atoms with Crippen molar-refractivity contribution in [3.63, 3.8) is 0 Å². The van der Waals surface area contributed by atoms with Crippen molar-refractivity contribution in [2.24, 2.45) is 0 Å². The molecule has 0 radical (unpaired) electrons. The highest BCUT2D eigenvalue weighted by Crippen LogP contribution is 2.33. The van der Waals surface area contributed by atoms with E-state index < -0.39 is 0 Å². The van der Waals surface area contributed by atoms with Crippen molar-refractivity contribution in [1.29, 1.82) is 0 Å². The lowest BCUT2D eigenvalue weighted by Gasteiger charge is -2.37. The Bertz CT molecular complexity index is 686. The fourth-order valence-corrected chi connectivity index (χ4v) is 3.72. The zero-order chi connectivity index (χ0) is 16.4. The minimum absolute atomic E-state index is 0.0787. The molecule has 1 aromatic carbocycles. The van der Waals surface area contributed by atoms with Gasteiger partial charge in [0, 0.05) is 37.2 Å². The number of aromatic nitrogens is 3. The Hall–Kier alpha value is -1.47. The Labute approximate surface area is 146 Å². The second-order valence-corrected chi connectivity index (χ2v) is 6.95. The van der Waals surface area contributed by atoms with E-state index in [4.69, 9.17) is 21.1 Å². The molecule has 6 nitrogen and oxygen atoms in total. The Morgan fingerprint density at radius 2 is 2.33 bits per heavy atom. The molecule has 3 heterocycles. The first kappa shape index (κ1) is 16.0. The van der Waals surface area contributed by atoms with Gasteiger partial charge in [-0.3, -0.25) is 0 Å². The van der Waals surface area contributed by atoms with Gasteiger partial charge in [0.25, 0.3) is 0 Å². The van der Waals surface area contributed by atoms with E-state index in [0.29, 0.717) is 11.1 Å². The smallest absolute Gasteiger partial charge is 0.138 e. The van der Waals surface area contributed by atoms with E-state index in [0.717, 1.165) is 56.9 Å². The number of halogens is 1. The lowest BCUT2D eigenvalue weighted by molar-refractivity contribution is -0.0894. The maximum atomic E-state index is 6.15. The summed E-state index contributed by atoms with van der Waals surface area (Å²) in [6.45, 7) is 3.07. The van der Waals surface area contributed by atoms with E-state index in [1.165, 1.54) is 6.33 Å². The molecule has 7 heteroatoms. The van der Waals surface area contributed by atoms with Crippen molar-refractivity contribution < 1.29 is 9.47 Å². The first-order valence-corrected chi connectivity index (χ1v) is 8.70. The third kappa shape index (κ3) is 3.32. The SMILES string of the molecule is Clc1ccc(CN[C@H]2CCO[C@]3(CCOC3)C2)c(-n2cncn2)c1. The predicted octanol–water partition coefficient (Wildman–Crippen LogP) is 2.35. The molecule has 0 unspecified atom stereocenters. The van der Waals surface area contributed by atoms with Gasteiger partial charge in [0.05, 0.1) is 17.9 Å². The van der Waals surface area contributed by atoms with Crippen LogP contribution < -0.4 is 5.32 Å². The topological polar surface area (TPSA) is 61.2 Å². The molecule has 2 aliphatic rings. The largest absolute Gasteiger partial charge is 0.378 e. The summed E-state index contributed by atoms with van der Waals surface area (Å²) in [5.41, 5.74) is 2.02. The van der Waals surface area contributed by atoms with Crippen LogP contribution in [0.5, 0.6) is 0 Å². The third-order valence-electron chi connectivity index (χ3n) is 4.85. The van der Waals surface area contributed by atoms with Crippen molar-refractivity contribution >= 4 is 11.6 Å². The number of benzene rings is 1. The highest BCUT2D eigenvalue weighted by Gasteiger charge is 2.40. The van der Waals surface area contributed by atoms with E-state index in [9.17, 15) is 0 Å². The lowest BCUT2D eigenvalue weighted by Crippen LogP contribution is -2.47. The zero-order valence-corrected chi connectivity index (χ0v) is 14.2. The summed E-state index contributed by atoms with van der Waals surface area (Å²) in [7, 11) is 0. The molecule has 128 valence electrons. The van der Waals surface area contributed by atoms with Crippen LogP contribution in [0, 0.1) is 0 Å². The minimum atomic E-state index is -0.0787. The summed E-state index contributed by atoms with van der Waals surface area (Å²) in [5.74, 6) is 0. The Morgan fingerprint density at radius 1 is 1.38 bits per heavy atom. The summed E-state index contributed by atoms with van der Waals surface area (Å²) in [6.07, 6.45) is 6.23. The average molecular weight is 349 g/mol. The van der Waals surface area contributed by atoms with E-state index in [1.54, 1.807) is 11.0 Å². The van der Waals surface area contributed by atoms with Gasteiger partial charge in [-0.15, -0.1) is 0 Å². The molecule has 0 aliphatic carbocycles. The Morgan fingerprint density at radius 3 is 3.12 bits per heavy atom. The van der Waals surface area contributed by atoms with Crippen LogP contribution in [0.4, 0.5) is 0 Å².